The highest BCUT2D eigenvalue weighted by Gasteiger charge is 2.33. The Kier molecular flexibility index (Phi) is 5.00. The van der Waals surface area contributed by atoms with Gasteiger partial charge in [-0.1, -0.05) is 11.6 Å². The first kappa shape index (κ1) is 18.4. The monoisotopic (exact) mass is 384 g/mol. The number of benzene rings is 2. The highest BCUT2D eigenvalue weighted by molar-refractivity contribution is 6.31. The van der Waals surface area contributed by atoms with Crippen molar-refractivity contribution in [3.05, 3.63) is 52.5 Å². The largest absolute Gasteiger partial charge is 0.417 e. The molecule has 2 aromatic rings. The van der Waals surface area contributed by atoms with E-state index >= 15 is 0 Å². The molecule has 26 heavy (non-hydrogen) atoms. The van der Waals surface area contributed by atoms with E-state index in [1.165, 1.54) is 6.07 Å². The summed E-state index contributed by atoms with van der Waals surface area (Å²) >= 11 is 5.56. The van der Waals surface area contributed by atoms with Crippen LogP contribution in [0, 0.1) is 0 Å². The van der Waals surface area contributed by atoms with Crippen molar-refractivity contribution in [2.45, 2.75) is 19.0 Å². The predicted octanol–water partition coefficient (Wildman–Crippen LogP) is 5.35. The Labute approximate surface area is 153 Å². The Morgan fingerprint density at radius 2 is 2.00 bits per heavy atom. The van der Waals surface area contributed by atoms with Crippen molar-refractivity contribution in [2.75, 3.05) is 23.8 Å². The van der Waals surface area contributed by atoms with E-state index in [1.807, 2.05) is 13.1 Å². The molecule has 0 bridgehead atoms. The summed E-state index contributed by atoms with van der Waals surface area (Å²) in [4.78, 5) is 14.1. The molecule has 1 heterocycles. The zero-order valence-electron chi connectivity index (χ0n) is 13.9. The first-order valence-corrected chi connectivity index (χ1v) is 8.31. The normalized spacial score (nSPS) is 14.0. The Morgan fingerprint density at radius 1 is 1.23 bits per heavy atom. The summed E-state index contributed by atoms with van der Waals surface area (Å²) in [5, 5.41) is 1.85. The number of nitrogens with one attached hydrogen (secondary N) is 1. The molecule has 1 N–H and O–H groups in total. The maximum absolute atomic E-state index is 12.9. The SMILES string of the molecule is CN1CCCc2cc(OC(=O)Nc3ccc(Cl)c(C(F)(F)F)c3)ccc21. The van der Waals surface area contributed by atoms with Crippen molar-refractivity contribution in [3.8, 4) is 5.75 Å². The van der Waals surface area contributed by atoms with E-state index in [1.54, 1.807) is 12.1 Å². The molecule has 0 fully saturated rings. The zero-order valence-corrected chi connectivity index (χ0v) is 14.6. The molecule has 4 nitrogen and oxygen atoms in total. The van der Waals surface area contributed by atoms with Gasteiger partial charge in [0.1, 0.15) is 5.75 Å². The van der Waals surface area contributed by atoms with Crippen LogP contribution in [-0.2, 0) is 12.6 Å². The first-order valence-electron chi connectivity index (χ1n) is 7.93. The van der Waals surface area contributed by atoms with E-state index in [0.717, 1.165) is 42.8 Å². The second-order valence-electron chi connectivity index (χ2n) is 6.02. The third-order valence-electron chi connectivity index (χ3n) is 4.13. The molecule has 8 heteroatoms. The fourth-order valence-electron chi connectivity index (χ4n) is 2.90. The van der Waals surface area contributed by atoms with Crippen molar-refractivity contribution in [2.24, 2.45) is 0 Å². The minimum atomic E-state index is -4.61. The molecule has 138 valence electrons. The minimum absolute atomic E-state index is 0.0515. The number of ether oxygens (including phenoxy) is 1. The Bertz CT molecular complexity index is 840. The summed E-state index contributed by atoms with van der Waals surface area (Å²) in [6, 6.07) is 8.42. The number of carbonyl (C=O) groups excluding carboxylic acids is 1. The van der Waals surface area contributed by atoms with E-state index in [-0.39, 0.29) is 5.69 Å². The first-order chi connectivity index (χ1) is 12.2. The number of aryl methyl sites for hydroxylation is 1. The molecular weight excluding hydrogens is 369 g/mol. The van der Waals surface area contributed by atoms with Crippen LogP contribution < -0.4 is 15.0 Å². The van der Waals surface area contributed by atoms with E-state index in [4.69, 9.17) is 16.3 Å². The van der Waals surface area contributed by atoms with Crippen LogP contribution in [0.25, 0.3) is 0 Å². The number of amides is 1. The molecule has 0 saturated carbocycles. The molecule has 0 unspecified atom stereocenters. The van der Waals surface area contributed by atoms with Crippen LogP contribution in [0.15, 0.2) is 36.4 Å². The molecule has 2 aromatic carbocycles. The Morgan fingerprint density at radius 3 is 2.73 bits per heavy atom. The van der Waals surface area contributed by atoms with Gasteiger partial charge in [0.2, 0.25) is 0 Å². The lowest BCUT2D eigenvalue weighted by molar-refractivity contribution is -0.137. The Hall–Kier alpha value is -2.41. The fraction of sp³-hybridized carbons (Fsp3) is 0.278. The topological polar surface area (TPSA) is 41.6 Å². The van der Waals surface area contributed by atoms with Gasteiger partial charge in [-0.25, -0.2) is 4.79 Å². The summed E-state index contributed by atoms with van der Waals surface area (Å²) in [6.45, 7) is 0.964. The Balaban J connectivity index is 1.72. The molecular formula is C18H16ClF3N2O2. The lowest BCUT2D eigenvalue weighted by Crippen LogP contribution is -2.24. The molecule has 1 aliphatic rings. The third kappa shape index (κ3) is 4.04. The second-order valence-corrected chi connectivity index (χ2v) is 6.43. The summed E-state index contributed by atoms with van der Waals surface area (Å²) in [6.07, 6.45) is -3.60. The van der Waals surface area contributed by atoms with Crippen LogP contribution in [0.3, 0.4) is 0 Å². The van der Waals surface area contributed by atoms with Crippen molar-refractivity contribution in [3.63, 3.8) is 0 Å². The summed E-state index contributed by atoms with van der Waals surface area (Å²) in [5.74, 6) is 0.335. The fourth-order valence-corrected chi connectivity index (χ4v) is 3.12. The highest BCUT2D eigenvalue weighted by Crippen LogP contribution is 2.36. The van der Waals surface area contributed by atoms with Crippen LogP contribution >= 0.6 is 11.6 Å². The summed E-state index contributed by atoms with van der Waals surface area (Å²) in [7, 11) is 1.99. The van der Waals surface area contributed by atoms with Crippen molar-refractivity contribution < 1.29 is 22.7 Å². The third-order valence-corrected chi connectivity index (χ3v) is 4.46. The van der Waals surface area contributed by atoms with E-state index in [9.17, 15) is 18.0 Å². The molecule has 0 atom stereocenters. The summed E-state index contributed by atoms with van der Waals surface area (Å²) in [5.41, 5.74) is 1.07. The molecule has 1 amide bonds. The van der Waals surface area contributed by atoms with Crippen molar-refractivity contribution >= 4 is 29.1 Å². The minimum Gasteiger partial charge on any atom is -0.410 e. The molecule has 0 spiro atoms. The van der Waals surface area contributed by atoms with E-state index < -0.39 is 22.9 Å². The number of hydrogen-bond donors (Lipinski definition) is 1. The van der Waals surface area contributed by atoms with Gasteiger partial charge in [-0.2, -0.15) is 13.2 Å². The number of rotatable bonds is 2. The van der Waals surface area contributed by atoms with Crippen LogP contribution in [-0.4, -0.2) is 19.7 Å². The molecule has 0 radical (unpaired) electrons. The average molecular weight is 385 g/mol. The van der Waals surface area contributed by atoms with Gasteiger partial charge >= 0.3 is 12.3 Å². The molecule has 0 aliphatic carbocycles. The quantitative estimate of drug-likeness (QED) is 0.758. The smallest absolute Gasteiger partial charge is 0.410 e. The van der Waals surface area contributed by atoms with Gasteiger partial charge in [-0.3, -0.25) is 5.32 Å². The lowest BCUT2D eigenvalue weighted by Gasteiger charge is -2.27. The maximum atomic E-state index is 12.9. The van der Waals surface area contributed by atoms with Crippen molar-refractivity contribution in [1.82, 2.24) is 0 Å². The van der Waals surface area contributed by atoms with Gasteiger partial charge in [0.15, 0.2) is 0 Å². The molecule has 3 rings (SSSR count). The molecule has 0 aromatic heterocycles. The van der Waals surface area contributed by atoms with Crippen LogP contribution in [0.1, 0.15) is 17.5 Å². The number of carbonyl (C=O) groups is 1. The van der Waals surface area contributed by atoms with Gasteiger partial charge in [0, 0.05) is 25.0 Å². The van der Waals surface area contributed by atoms with Gasteiger partial charge in [-0.05, 0) is 54.8 Å². The average Bonchev–Trinajstić information content (AvgIpc) is 2.55. The lowest BCUT2D eigenvalue weighted by atomic mass is 10.0. The number of nitrogens with zero attached hydrogens (tertiary/aromatic N) is 1. The maximum Gasteiger partial charge on any atom is 0.417 e. The van der Waals surface area contributed by atoms with Crippen LogP contribution in [0.2, 0.25) is 5.02 Å². The van der Waals surface area contributed by atoms with E-state index in [0.29, 0.717) is 5.75 Å². The number of alkyl halides is 3. The van der Waals surface area contributed by atoms with Crippen molar-refractivity contribution in [1.29, 1.82) is 0 Å². The predicted molar refractivity (Wildman–Crippen MR) is 94.1 cm³/mol. The van der Waals surface area contributed by atoms with Gasteiger partial charge < -0.3 is 9.64 Å². The van der Waals surface area contributed by atoms with Crippen LogP contribution in [0.5, 0.6) is 5.75 Å². The van der Waals surface area contributed by atoms with Gasteiger partial charge in [0.25, 0.3) is 0 Å². The molecule has 0 saturated heterocycles. The number of fused-ring (bicyclic) bond motifs is 1. The highest BCUT2D eigenvalue weighted by atomic mass is 35.5. The number of halogens is 4. The molecule has 1 aliphatic heterocycles. The van der Waals surface area contributed by atoms with E-state index in [2.05, 4.69) is 10.2 Å². The van der Waals surface area contributed by atoms with Crippen LogP contribution in [0.4, 0.5) is 29.3 Å². The van der Waals surface area contributed by atoms with Gasteiger partial charge in [0.05, 0.1) is 10.6 Å². The summed E-state index contributed by atoms with van der Waals surface area (Å²) < 4.78 is 43.8. The second kappa shape index (κ2) is 7.07. The zero-order chi connectivity index (χ0) is 18.9. The standard InChI is InChI=1S/C18H16ClF3N2O2/c1-24-8-2-3-11-9-13(5-7-16(11)24)26-17(25)23-12-4-6-15(19)14(10-12)18(20,21)22/h4-7,9-10H,2-3,8H2,1H3,(H,23,25). The van der Waals surface area contributed by atoms with Gasteiger partial charge in [-0.15, -0.1) is 0 Å². The number of hydrogen-bond acceptors (Lipinski definition) is 3. The number of anilines is 2.